The van der Waals surface area contributed by atoms with Crippen molar-refractivity contribution in [2.75, 3.05) is 11.9 Å². The molecule has 0 aliphatic heterocycles. The highest BCUT2D eigenvalue weighted by Crippen LogP contribution is 2.31. The highest BCUT2D eigenvalue weighted by Gasteiger charge is 2.19. The molecule has 22 nitrogen and oxygen atoms in total. The van der Waals surface area contributed by atoms with E-state index in [2.05, 4.69) is 65.7 Å². The number of hydrogen-bond donors (Lipinski definition) is 0. The van der Waals surface area contributed by atoms with Crippen LogP contribution in [-0.4, -0.2) is 95.8 Å². The van der Waals surface area contributed by atoms with Crippen LogP contribution in [0.5, 0.6) is 46.0 Å². The second kappa shape index (κ2) is 43.5. The van der Waals surface area contributed by atoms with Crippen molar-refractivity contribution in [3.8, 4) is 58.3 Å². The summed E-state index contributed by atoms with van der Waals surface area (Å²) in [4.78, 5) is 113. The van der Waals surface area contributed by atoms with E-state index in [1.54, 1.807) is 140 Å². The highest BCUT2D eigenvalue weighted by atomic mass is 35.5. The molecular weight excluding hydrogens is 1590 g/mol. The summed E-state index contributed by atoms with van der Waals surface area (Å²) in [5, 5.41) is 5.89. The molecule has 5 aromatic carbocycles. The summed E-state index contributed by atoms with van der Waals surface area (Å²) >= 11 is 15.0. The number of halogens is 4. The molecule has 594 valence electrons. The molecule has 0 spiro atoms. The summed E-state index contributed by atoms with van der Waals surface area (Å²) in [7, 11) is 1.79. The van der Waals surface area contributed by atoms with Gasteiger partial charge in [0.05, 0.1) is 92.6 Å². The number of carbonyl (C=O) groups is 5. The number of benzene rings is 5. The number of carbonyl (C=O) groups excluding carboxylic acids is 5. The van der Waals surface area contributed by atoms with Gasteiger partial charge in [-0.05, 0) is 177 Å². The number of aryl methyl sites for hydroxylation is 3. The van der Waals surface area contributed by atoms with Crippen LogP contribution >= 0.6 is 45.9 Å². The molecule has 0 aliphatic carbocycles. The van der Waals surface area contributed by atoms with Crippen LogP contribution in [0.15, 0.2) is 280 Å². The SMILES string of the molecule is C#Cc1csc(CC(=O)c2cc(F)cc(N(C)c3cccnc3)c2)n1.CCc1csc(CC(=O)c2cc(Cl)cc(Oc3cncnc3)c2)n1.Cc1ccc(CC(=O)c2cccc(Oc3cccnc3)c2)nc1.Cc1cccc(CC(=O)c2cccc(Oc3cccnc3)c2)n1.O=C(Cc1cc(F)ccn1)c1cc(Cl)cc(Oc2cncnc2)c1. The summed E-state index contributed by atoms with van der Waals surface area (Å²) in [6.45, 7) is 5.92. The molecule has 10 aromatic heterocycles. The molecule has 0 bridgehead atoms. The third kappa shape index (κ3) is 27.5. The van der Waals surface area contributed by atoms with Crippen LogP contribution in [0.1, 0.15) is 108 Å². The predicted octanol–water partition coefficient (Wildman–Crippen LogP) is 20.1. The lowest BCUT2D eigenvalue weighted by molar-refractivity contribution is 0.0983. The van der Waals surface area contributed by atoms with Gasteiger partial charge in [-0.3, -0.25) is 53.9 Å². The molecule has 0 saturated carbocycles. The predicted molar refractivity (Wildman–Crippen MR) is 451 cm³/mol. The number of terminal acetylenes is 1. The molecule has 15 rings (SSSR count). The zero-order chi connectivity index (χ0) is 83.8. The number of Topliss-reactive ketones (excluding diaryl/α,β-unsaturated/α-hetero) is 5. The average molecular weight is 1660 g/mol. The molecule has 0 fully saturated rings. The normalized spacial score (nSPS) is 10.4. The standard InChI is InChI=1S/C19H14FN3OS.2C19H16N2O2.C17H11ClFN3O2.C17H14ClN3O2S/c1-3-15-12-25-19(22-15)10-18(24)13-7-14(20)9-17(8-13)23(2)16-5-4-6-21-11-16;1-14-5-2-7-16(21-14)12-19(22)15-6-3-8-17(11-15)23-18-9-4-10-20-13-18;1-14-7-8-16(21-12-14)11-19(22)15-4-2-5-17(10-15)23-18-6-3-9-20-13-18;18-12-3-11(17(23)7-14-6-13(19)1-2-22-14)4-15(5-12)24-16-8-20-10-21-9-16;1-2-13-9-24-17(21-13)6-16(22)11-3-12(18)5-14(4-11)23-15-7-19-10-20-8-15/h1,4-9,11-12H,10H2,2H3;2-11,13H,12H2,1H3;2-10,12-13H,11H2,1H3;1-6,8-10H,7H2;3-5,7-10H,2,6H2,1H3. The molecule has 28 heteroatoms. The third-order valence-electron chi connectivity index (χ3n) is 16.6. The van der Waals surface area contributed by atoms with Crippen LogP contribution in [0.3, 0.4) is 0 Å². The van der Waals surface area contributed by atoms with Crippen LogP contribution in [0.4, 0.5) is 20.2 Å². The maximum absolute atomic E-state index is 14.0. The van der Waals surface area contributed by atoms with Gasteiger partial charge in [0.25, 0.3) is 0 Å². The van der Waals surface area contributed by atoms with Crippen LogP contribution in [0, 0.1) is 37.8 Å². The van der Waals surface area contributed by atoms with Crippen molar-refractivity contribution < 1.29 is 51.7 Å². The first-order chi connectivity index (χ1) is 57.7. The maximum Gasteiger partial charge on any atom is 0.169 e. The molecule has 0 amide bonds. The number of ketones is 5. The lowest BCUT2D eigenvalue weighted by Gasteiger charge is -2.19. The second-order valence-corrected chi connectivity index (χ2v) is 28.5. The van der Waals surface area contributed by atoms with E-state index in [4.69, 9.17) is 48.6 Å². The van der Waals surface area contributed by atoms with E-state index in [0.717, 1.165) is 45.5 Å². The fourth-order valence-corrected chi connectivity index (χ4v) is 12.9. The number of thiazole rings is 2. The summed E-state index contributed by atoms with van der Waals surface area (Å²) in [5.74, 6) is 5.28. The zero-order valence-corrected chi connectivity index (χ0v) is 67.3. The van der Waals surface area contributed by atoms with Crippen molar-refractivity contribution in [1.29, 1.82) is 0 Å². The molecule has 0 atom stereocenters. The van der Waals surface area contributed by atoms with E-state index >= 15 is 0 Å². The van der Waals surface area contributed by atoms with Gasteiger partial charge in [0.2, 0.25) is 0 Å². The van der Waals surface area contributed by atoms with Gasteiger partial charge in [0.15, 0.2) is 40.4 Å². The van der Waals surface area contributed by atoms with Crippen molar-refractivity contribution in [1.82, 2.24) is 59.8 Å². The van der Waals surface area contributed by atoms with E-state index in [9.17, 15) is 32.8 Å². The van der Waals surface area contributed by atoms with Gasteiger partial charge < -0.3 is 23.8 Å². The van der Waals surface area contributed by atoms with Gasteiger partial charge in [0.1, 0.15) is 74.5 Å². The Hall–Kier alpha value is -14.2. The number of rotatable bonds is 26. The van der Waals surface area contributed by atoms with Crippen LogP contribution in [-0.2, 0) is 38.5 Å². The molecule has 0 N–H and O–H groups in total. The maximum atomic E-state index is 14.0. The molecule has 0 unspecified atom stereocenters. The number of aromatic nitrogens is 12. The Bertz CT molecular complexity index is 5990. The first-order valence-electron chi connectivity index (χ1n) is 36.4. The Kier molecular flexibility index (Phi) is 31.3. The fraction of sp³-hybridized carbons (Fsp3) is 0.110. The van der Waals surface area contributed by atoms with Gasteiger partial charge in [0, 0.05) is 109 Å². The fourth-order valence-electron chi connectivity index (χ4n) is 10.9. The number of anilines is 2. The van der Waals surface area contributed by atoms with E-state index in [1.807, 2.05) is 98.9 Å². The van der Waals surface area contributed by atoms with Crippen molar-refractivity contribution in [2.24, 2.45) is 0 Å². The quantitative estimate of drug-likeness (QED) is 0.0360. The van der Waals surface area contributed by atoms with Crippen molar-refractivity contribution in [2.45, 2.75) is 59.3 Å². The summed E-state index contributed by atoms with van der Waals surface area (Å²) in [5.41, 5.74) is 9.08. The first-order valence-corrected chi connectivity index (χ1v) is 38.9. The Morgan fingerprint density at radius 2 is 0.899 bits per heavy atom. The summed E-state index contributed by atoms with van der Waals surface area (Å²) in [6.07, 6.45) is 28.9. The minimum atomic E-state index is -0.472. The van der Waals surface area contributed by atoms with Gasteiger partial charge in [-0.1, -0.05) is 66.5 Å². The van der Waals surface area contributed by atoms with Gasteiger partial charge in [-0.25, -0.2) is 38.7 Å². The number of hydrogen-bond acceptors (Lipinski definition) is 24. The van der Waals surface area contributed by atoms with E-state index < -0.39 is 11.6 Å². The number of pyridine rings is 6. The molecular formula is C91H71Cl2F2N13O9S2. The van der Waals surface area contributed by atoms with Gasteiger partial charge in [-0.15, -0.1) is 29.1 Å². The Labute approximate surface area is 701 Å². The van der Waals surface area contributed by atoms with Crippen LogP contribution in [0.25, 0.3) is 0 Å². The second-order valence-electron chi connectivity index (χ2n) is 25.7. The summed E-state index contributed by atoms with van der Waals surface area (Å²) in [6, 6.07) is 51.0. The topological polar surface area (TPSA) is 280 Å². The molecule has 0 radical (unpaired) electrons. The first kappa shape index (κ1) is 85.6. The minimum Gasteiger partial charge on any atom is -0.456 e. The summed E-state index contributed by atoms with van der Waals surface area (Å²) < 4.78 is 49.9. The Balaban J connectivity index is 0.000000146. The van der Waals surface area contributed by atoms with Crippen LogP contribution < -0.4 is 23.8 Å². The van der Waals surface area contributed by atoms with Crippen molar-refractivity contribution >= 4 is 86.2 Å². The third-order valence-corrected chi connectivity index (χ3v) is 18.8. The van der Waals surface area contributed by atoms with Crippen LogP contribution in [0.2, 0.25) is 10.0 Å². The van der Waals surface area contributed by atoms with E-state index in [-0.39, 0.29) is 61.0 Å². The Morgan fingerprint density at radius 3 is 1.41 bits per heavy atom. The average Bonchev–Trinajstić information content (AvgIpc) is 1.40. The monoisotopic (exact) mass is 1660 g/mol. The van der Waals surface area contributed by atoms with Gasteiger partial charge in [-0.2, -0.15) is 0 Å². The van der Waals surface area contributed by atoms with E-state index in [0.29, 0.717) is 106 Å². The van der Waals surface area contributed by atoms with E-state index in [1.165, 1.54) is 96.6 Å². The minimum absolute atomic E-state index is 0.0120. The molecule has 119 heavy (non-hydrogen) atoms. The lowest BCUT2D eigenvalue weighted by Crippen LogP contribution is -2.12. The molecule has 0 aliphatic rings. The molecule has 10 heterocycles. The molecule has 15 aromatic rings. The number of ether oxygens (including phenoxy) is 4. The Morgan fingerprint density at radius 1 is 0.403 bits per heavy atom. The van der Waals surface area contributed by atoms with Crippen molar-refractivity contribution in [3.05, 3.63) is 379 Å². The van der Waals surface area contributed by atoms with Gasteiger partial charge >= 0.3 is 0 Å². The lowest BCUT2D eigenvalue weighted by atomic mass is 10.1. The number of nitrogens with zero attached hydrogens (tertiary/aromatic N) is 13. The molecule has 0 saturated heterocycles. The largest absolute Gasteiger partial charge is 0.456 e. The zero-order valence-electron chi connectivity index (χ0n) is 64.2. The van der Waals surface area contributed by atoms with Crippen molar-refractivity contribution in [3.63, 3.8) is 0 Å². The smallest absolute Gasteiger partial charge is 0.169 e. The highest BCUT2D eigenvalue weighted by molar-refractivity contribution is 7.10.